The molecule has 6 rings (SSSR count). The van der Waals surface area contributed by atoms with E-state index in [1.54, 1.807) is 24.3 Å². The van der Waals surface area contributed by atoms with E-state index in [-0.39, 0.29) is 52.4 Å². The van der Waals surface area contributed by atoms with E-state index >= 15 is 8.78 Å². The fourth-order valence-corrected chi connectivity index (χ4v) is 5.32. The van der Waals surface area contributed by atoms with Crippen molar-refractivity contribution < 1.29 is 33.0 Å². The molecule has 3 aromatic heterocycles. The number of carbonyl (C=O) groups is 2. The Bertz CT molecular complexity index is 1830. The highest BCUT2D eigenvalue weighted by Gasteiger charge is 2.24. The number of nitrogens with zero attached hydrogens (tertiary/aromatic N) is 4. The van der Waals surface area contributed by atoms with E-state index < -0.39 is 23.5 Å². The lowest BCUT2D eigenvalue weighted by molar-refractivity contribution is -0.0589. The minimum absolute atomic E-state index is 0.0223. The number of hydrogen-bond donors (Lipinski definition) is 2. The summed E-state index contributed by atoms with van der Waals surface area (Å²) in [5, 5.41) is 9.60. The van der Waals surface area contributed by atoms with Gasteiger partial charge in [0.2, 0.25) is 5.88 Å². The van der Waals surface area contributed by atoms with Crippen molar-refractivity contribution in [2.24, 2.45) is 5.73 Å². The van der Waals surface area contributed by atoms with E-state index in [0.717, 1.165) is 29.9 Å². The highest BCUT2D eigenvalue weighted by atomic mass is 32.1. The van der Waals surface area contributed by atoms with E-state index in [1.807, 2.05) is 4.57 Å². The van der Waals surface area contributed by atoms with E-state index in [4.69, 9.17) is 15.2 Å². The van der Waals surface area contributed by atoms with Crippen molar-refractivity contribution in [1.29, 1.82) is 0 Å². The molecule has 1 aliphatic rings. The lowest BCUT2D eigenvalue weighted by Gasteiger charge is -2.27. The molecule has 2 aromatic carbocycles. The number of aromatic nitrogens is 4. The molecule has 4 heterocycles. The molecule has 0 bridgehead atoms. The first kappa shape index (κ1) is 27.4. The summed E-state index contributed by atoms with van der Waals surface area (Å²) in [5.41, 5.74) is 6.69. The van der Waals surface area contributed by atoms with Gasteiger partial charge in [-0.15, -0.1) is 11.3 Å². The number of aromatic carboxylic acids is 1. The van der Waals surface area contributed by atoms with Crippen LogP contribution < -0.4 is 10.5 Å². The van der Waals surface area contributed by atoms with Crippen LogP contribution in [0.25, 0.3) is 22.3 Å². The average Bonchev–Trinajstić information content (AvgIpc) is 3.56. The Labute approximate surface area is 241 Å². The summed E-state index contributed by atoms with van der Waals surface area (Å²) in [4.78, 5) is 36.3. The number of nitrogens with two attached hydrogens (primary N) is 1. The molecule has 3 N–H and O–H groups in total. The molecule has 1 aliphatic heterocycles. The van der Waals surface area contributed by atoms with Crippen molar-refractivity contribution in [3.05, 3.63) is 93.2 Å². The number of carboxylic acids is 1. The third-order valence-corrected chi connectivity index (χ3v) is 7.85. The summed E-state index contributed by atoms with van der Waals surface area (Å²) in [6.07, 6.45) is 2.22. The topological polar surface area (TPSA) is 142 Å². The van der Waals surface area contributed by atoms with Crippen LogP contribution in [0.5, 0.6) is 5.88 Å². The molecular formula is C29H23F2N5O5S. The molecule has 1 fully saturated rings. The number of benzene rings is 2. The number of carboxylic acid groups (broad SMARTS) is 1. The summed E-state index contributed by atoms with van der Waals surface area (Å²) < 4.78 is 43.9. The maximum atomic E-state index is 15.4. The maximum absolute atomic E-state index is 15.4. The van der Waals surface area contributed by atoms with E-state index in [2.05, 4.69) is 15.0 Å². The Kier molecular flexibility index (Phi) is 7.35. The zero-order valence-electron chi connectivity index (χ0n) is 21.9. The van der Waals surface area contributed by atoms with Gasteiger partial charge >= 0.3 is 5.97 Å². The lowest BCUT2D eigenvalue weighted by atomic mass is 10.0. The first-order valence-electron chi connectivity index (χ1n) is 12.9. The fourth-order valence-electron chi connectivity index (χ4n) is 4.65. The van der Waals surface area contributed by atoms with Crippen molar-refractivity contribution in [2.75, 3.05) is 6.61 Å². The average molecular weight is 592 g/mol. The van der Waals surface area contributed by atoms with Crippen LogP contribution >= 0.6 is 11.3 Å². The second kappa shape index (κ2) is 11.3. The van der Waals surface area contributed by atoms with Gasteiger partial charge < -0.3 is 24.9 Å². The van der Waals surface area contributed by atoms with Crippen LogP contribution in [0.2, 0.25) is 0 Å². The Morgan fingerprint density at radius 1 is 1.14 bits per heavy atom. The van der Waals surface area contributed by atoms with Crippen LogP contribution in [0, 0.1) is 11.6 Å². The highest BCUT2D eigenvalue weighted by Crippen LogP contribution is 2.29. The molecule has 0 saturated carbocycles. The summed E-state index contributed by atoms with van der Waals surface area (Å²) in [7, 11) is 0. The van der Waals surface area contributed by atoms with Crippen molar-refractivity contribution in [1.82, 2.24) is 19.5 Å². The molecule has 0 aliphatic carbocycles. The minimum Gasteiger partial charge on any atom is -0.478 e. The number of carbonyl (C=O) groups excluding carboxylic acids is 1. The number of hydrogen-bond acceptors (Lipinski definition) is 8. The molecule has 1 amide bonds. The van der Waals surface area contributed by atoms with Gasteiger partial charge in [-0.2, -0.15) is 0 Å². The number of fused-ring (bicyclic) bond motifs is 1. The molecule has 0 spiro atoms. The highest BCUT2D eigenvalue weighted by molar-refractivity contribution is 7.13. The Morgan fingerprint density at radius 2 is 1.98 bits per heavy atom. The Hall–Kier alpha value is -4.75. The SMILES string of the molecule is NC(=O)c1ncc(COc2cccc(-c3cc(F)c(Cc4nc5ccc(C(=O)O)cc5n4CC4CCO4)cc3F)n2)s1. The van der Waals surface area contributed by atoms with Crippen LogP contribution in [-0.4, -0.2) is 49.2 Å². The van der Waals surface area contributed by atoms with Gasteiger partial charge in [-0.3, -0.25) is 4.79 Å². The molecule has 0 radical (unpaired) electrons. The van der Waals surface area contributed by atoms with Crippen molar-refractivity contribution in [3.8, 4) is 17.1 Å². The zero-order valence-corrected chi connectivity index (χ0v) is 22.7. The molecule has 42 heavy (non-hydrogen) atoms. The third-order valence-electron chi connectivity index (χ3n) is 6.86. The van der Waals surface area contributed by atoms with Crippen molar-refractivity contribution in [2.45, 2.75) is 32.1 Å². The summed E-state index contributed by atoms with van der Waals surface area (Å²) in [6.45, 7) is 1.12. The fraction of sp³-hybridized carbons (Fsp3) is 0.207. The summed E-state index contributed by atoms with van der Waals surface area (Å²) in [5.74, 6) is -2.39. The van der Waals surface area contributed by atoms with Gasteiger partial charge in [-0.05, 0) is 48.4 Å². The van der Waals surface area contributed by atoms with Crippen LogP contribution in [-0.2, 0) is 24.3 Å². The number of ether oxygens (including phenoxy) is 2. The first-order valence-corrected chi connectivity index (χ1v) is 13.7. The summed E-state index contributed by atoms with van der Waals surface area (Å²) >= 11 is 1.09. The third kappa shape index (κ3) is 5.56. The van der Waals surface area contributed by atoms with E-state index in [0.29, 0.717) is 34.9 Å². The summed E-state index contributed by atoms with van der Waals surface area (Å²) in [6, 6.07) is 11.5. The van der Waals surface area contributed by atoms with Gasteiger partial charge in [0.05, 0.1) is 39.8 Å². The van der Waals surface area contributed by atoms with Crippen LogP contribution in [0.4, 0.5) is 8.78 Å². The monoisotopic (exact) mass is 591 g/mol. The van der Waals surface area contributed by atoms with Gasteiger partial charge in [0, 0.05) is 30.9 Å². The quantitative estimate of drug-likeness (QED) is 0.240. The van der Waals surface area contributed by atoms with Crippen LogP contribution in [0.3, 0.4) is 0 Å². The number of thiazole rings is 1. The largest absolute Gasteiger partial charge is 0.478 e. The van der Waals surface area contributed by atoms with Crippen molar-refractivity contribution >= 4 is 34.2 Å². The zero-order chi connectivity index (χ0) is 29.4. The smallest absolute Gasteiger partial charge is 0.335 e. The van der Waals surface area contributed by atoms with Gasteiger partial charge in [0.15, 0.2) is 5.01 Å². The van der Waals surface area contributed by atoms with Crippen LogP contribution in [0.1, 0.15) is 42.8 Å². The number of primary amides is 1. The Balaban J connectivity index is 1.26. The standard InChI is InChI=1S/C29H23F2N5O5S/c30-20-11-19(22-2-1-3-26(35-22)41-14-18-12-33-28(42-18)27(32)37)21(31)8-16(20)10-25-34-23-5-4-15(29(38)39)9-24(23)36(25)13-17-6-7-40-17/h1-5,8-9,11-12,17H,6-7,10,13-14H2,(H2,32,37)(H,38,39). The second-order valence-corrected chi connectivity index (χ2v) is 10.8. The number of imidazole rings is 1. The van der Waals surface area contributed by atoms with E-state index in [9.17, 15) is 14.7 Å². The second-order valence-electron chi connectivity index (χ2n) is 9.67. The van der Waals surface area contributed by atoms with Gasteiger partial charge in [0.25, 0.3) is 5.91 Å². The normalized spacial score (nSPS) is 14.6. The molecule has 214 valence electrons. The maximum Gasteiger partial charge on any atom is 0.335 e. The molecular weight excluding hydrogens is 568 g/mol. The molecule has 5 aromatic rings. The predicted molar refractivity (Wildman–Crippen MR) is 148 cm³/mol. The lowest BCUT2D eigenvalue weighted by Crippen LogP contribution is -2.31. The number of pyridine rings is 1. The minimum atomic E-state index is -1.07. The van der Waals surface area contributed by atoms with Crippen LogP contribution in [0.15, 0.2) is 54.7 Å². The van der Waals surface area contributed by atoms with Gasteiger partial charge in [-0.1, -0.05) is 6.07 Å². The number of amides is 1. The van der Waals surface area contributed by atoms with Crippen molar-refractivity contribution in [3.63, 3.8) is 0 Å². The first-order chi connectivity index (χ1) is 20.2. The number of rotatable bonds is 10. The molecule has 1 atom stereocenters. The molecule has 1 unspecified atom stereocenters. The van der Waals surface area contributed by atoms with E-state index in [1.165, 1.54) is 18.3 Å². The molecule has 13 heteroatoms. The Morgan fingerprint density at radius 3 is 2.69 bits per heavy atom. The molecule has 1 saturated heterocycles. The molecule has 10 nitrogen and oxygen atoms in total. The van der Waals surface area contributed by atoms with Gasteiger partial charge in [0.1, 0.15) is 24.1 Å². The van der Waals surface area contributed by atoms with Gasteiger partial charge in [-0.25, -0.2) is 28.5 Å². The number of halogens is 2. The predicted octanol–water partition coefficient (Wildman–Crippen LogP) is 4.59.